The van der Waals surface area contributed by atoms with Crippen LogP contribution in [0.3, 0.4) is 0 Å². The van der Waals surface area contributed by atoms with Crippen LogP contribution in [0, 0.1) is 5.82 Å². The Morgan fingerprint density at radius 2 is 1.84 bits per heavy atom. The van der Waals surface area contributed by atoms with E-state index in [1.807, 2.05) is 28.8 Å². The normalized spacial score (nSPS) is 17.1. The van der Waals surface area contributed by atoms with Gasteiger partial charge in [0, 0.05) is 49.2 Å². The van der Waals surface area contributed by atoms with E-state index in [0.29, 0.717) is 18.3 Å². The maximum absolute atomic E-state index is 13.2. The molecule has 6 nitrogen and oxygen atoms in total. The Morgan fingerprint density at radius 1 is 1.13 bits per heavy atom. The minimum Gasteiger partial charge on any atom is -0.365 e. The van der Waals surface area contributed by atoms with Gasteiger partial charge in [0.05, 0.1) is 17.9 Å². The fourth-order valence-electron chi connectivity index (χ4n) is 4.07. The lowest BCUT2D eigenvalue weighted by atomic mass is 10.1. The van der Waals surface area contributed by atoms with Crippen molar-refractivity contribution in [3.8, 4) is 0 Å². The summed E-state index contributed by atoms with van der Waals surface area (Å²) in [6.07, 6.45) is 2.80. The van der Waals surface area contributed by atoms with Crippen molar-refractivity contribution in [2.75, 3.05) is 29.9 Å². The molecule has 0 bridgehead atoms. The highest BCUT2D eigenvalue weighted by Gasteiger charge is 2.27. The summed E-state index contributed by atoms with van der Waals surface area (Å²) < 4.78 is 13.2. The number of hydrogen-bond acceptors (Lipinski definition) is 6. The average Bonchev–Trinajstić information content (AvgIpc) is 2.75. The summed E-state index contributed by atoms with van der Waals surface area (Å²) in [5.41, 5.74) is 1.90. The SMILES string of the molecule is CC(=O)N1CCc2nc(NC(C)C)c(N3CCC(Sc4ccc(F)cc4)CC3)nc2C1. The first-order valence-corrected chi connectivity index (χ1v) is 11.9. The van der Waals surface area contributed by atoms with E-state index >= 15 is 0 Å². The monoisotopic (exact) mass is 443 g/mol. The molecule has 0 unspecified atom stereocenters. The fraction of sp³-hybridized carbons (Fsp3) is 0.522. The van der Waals surface area contributed by atoms with Gasteiger partial charge in [-0.25, -0.2) is 14.4 Å². The van der Waals surface area contributed by atoms with Crippen LogP contribution in [-0.4, -0.2) is 51.7 Å². The van der Waals surface area contributed by atoms with Crippen molar-refractivity contribution in [1.29, 1.82) is 0 Å². The molecule has 1 aromatic carbocycles. The Bertz CT molecular complexity index is 928. The van der Waals surface area contributed by atoms with E-state index in [4.69, 9.17) is 9.97 Å². The molecule has 1 saturated heterocycles. The van der Waals surface area contributed by atoms with Crippen molar-refractivity contribution in [3.05, 3.63) is 41.5 Å². The lowest BCUT2D eigenvalue weighted by Gasteiger charge is -2.35. The third kappa shape index (κ3) is 5.29. The summed E-state index contributed by atoms with van der Waals surface area (Å²) in [6, 6.07) is 7.01. The molecule has 0 spiro atoms. The van der Waals surface area contributed by atoms with Crippen LogP contribution < -0.4 is 10.2 Å². The van der Waals surface area contributed by atoms with Crippen molar-refractivity contribution in [1.82, 2.24) is 14.9 Å². The number of benzene rings is 1. The van der Waals surface area contributed by atoms with Gasteiger partial charge in [-0.1, -0.05) is 0 Å². The second-order valence-corrected chi connectivity index (χ2v) is 9.91. The zero-order valence-electron chi connectivity index (χ0n) is 18.4. The van der Waals surface area contributed by atoms with Crippen LogP contribution in [-0.2, 0) is 17.8 Å². The number of amides is 1. The third-order valence-corrected chi connectivity index (χ3v) is 7.07. The second-order valence-electron chi connectivity index (χ2n) is 8.54. The molecule has 0 aliphatic carbocycles. The number of rotatable bonds is 5. The quantitative estimate of drug-likeness (QED) is 0.751. The molecule has 0 saturated carbocycles. The summed E-state index contributed by atoms with van der Waals surface area (Å²) >= 11 is 1.82. The van der Waals surface area contributed by atoms with E-state index in [2.05, 4.69) is 24.1 Å². The van der Waals surface area contributed by atoms with Gasteiger partial charge in [-0.05, 0) is 51.0 Å². The van der Waals surface area contributed by atoms with Gasteiger partial charge >= 0.3 is 0 Å². The molecule has 3 heterocycles. The number of carbonyl (C=O) groups excluding carboxylic acids is 1. The second kappa shape index (κ2) is 9.42. The van der Waals surface area contributed by atoms with Crippen LogP contribution >= 0.6 is 11.8 Å². The molecule has 0 radical (unpaired) electrons. The standard InChI is InChI=1S/C23H30FN5OS/c1-15(2)25-22-23(27-21-14-29(16(3)30)13-10-20(21)26-22)28-11-8-19(9-12-28)31-18-6-4-17(24)5-7-18/h4-7,15,19H,8-14H2,1-3H3,(H,25,26). The first-order valence-electron chi connectivity index (χ1n) is 11.0. The number of aromatic nitrogens is 2. The topological polar surface area (TPSA) is 61.4 Å². The number of halogens is 1. The van der Waals surface area contributed by atoms with E-state index in [0.717, 1.165) is 60.3 Å². The summed E-state index contributed by atoms with van der Waals surface area (Å²) in [5.74, 6) is 1.62. The van der Waals surface area contributed by atoms with Gasteiger partial charge in [0.1, 0.15) is 5.82 Å². The van der Waals surface area contributed by atoms with Gasteiger partial charge in [-0.3, -0.25) is 4.79 Å². The Kier molecular flexibility index (Phi) is 6.65. The maximum Gasteiger partial charge on any atom is 0.219 e. The molecule has 1 N–H and O–H groups in total. The Balaban J connectivity index is 1.49. The molecule has 1 fully saturated rings. The number of carbonyl (C=O) groups is 1. The highest BCUT2D eigenvalue weighted by atomic mass is 32.2. The van der Waals surface area contributed by atoms with Crippen LogP contribution in [0.25, 0.3) is 0 Å². The molecule has 2 aromatic rings. The zero-order chi connectivity index (χ0) is 22.0. The first kappa shape index (κ1) is 21.9. The number of anilines is 2. The largest absolute Gasteiger partial charge is 0.365 e. The number of fused-ring (bicyclic) bond motifs is 1. The molecular weight excluding hydrogens is 413 g/mol. The van der Waals surface area contributed by atoms with Crippen LogP contribution in [0.15, 0.2) is 29.2 Å². The molecule has 31 heavy (non-hydrogen) atoms. The lowest BCUT2D eigenvalue weighted by Crippen LogP contribution is -2.38. The van der Waals surface area contributed by atoms with E-state index in [9.17, 15) is 9.18 Å². The van der Waals surface area contributed by atoms with E-state index in [1.165, 1.54) is 12.1 Å². The summed E-state index contributed by atoms with van der Waals surface area (Å²) in [4.78, 5) is 27.0. The summed E-state index contributed by atoms with van der Waals surface area (Å²) in [7, 11) is 0. The van der Waals surface area contributed by atoms with E-state index in [1.54, 1.807) is 6.92 Å². The number of nitrogens with one attached hydrogen (secondary N) is 1. The van der Waals surface area contributed by atoms with Crippen molar-refractivity contribution in [2.45, 2.75) is 62.8 Å². The molecule has 2 aliphatic heterocycles. The number of piperidine rings is 1. The van der Waals surface area contributed by atoms with Crippen LogP contribution in [0.2, 0.25) is 0 Å². The molecule has 4 rings (SSSR count). The van der Waals surface area contributed by atoms with Crippen LogP contribution in [0.4, 0.5) is 16.0 Å². The van der Waals surface area contributed by atoms with Gasteiger partial charge in [0.2, 0.25) is 5.91 Å². The molecular formula is C23H30FN5OS. The Morgan fingerprint density at radius 3 is 2.48 bits per heavy atom. The maximum atomic E-state index is 13.2. The first-order chi connectivity index (χ1) is 14.9. The predicted molar refractivity (Wildman–Crippen MR) is 123 cm³/mol. The zero-order valence-corrected chi connectivity index (χ0v) is 19.2. The molecule has 0 atom stereocenters. The number of thioether (sulfide) groups is 1. The van der Waals surface area contributed by atoms with E-state index in [-0.39, 0.29) is 17.8 Å². The summed E-state index contributed by atoms with van der Waals surface area (Å²) in [6.45, 7) is 8.84. The van der Waals surface area contributed by atoms with Gasteiger partial charge in [-0.2, -0.15) is 0 Å². The molecule has 2 aliphatic rings. The molecule has 166 valence electrons. The van der Waals surface area contributed by atoms with Gasteiger partial charge in [0.25, 0.3) is 0 Å². The van der Waals surface area contributed by atoms with Gasteiger partial charge in [0.15, 0.2) is 11.6 Å². The van der Waals surface area contributed by atoms with Gasteiger partial charge in [-0.15, -0.1) is 11.8 Å². The van der Waals surface area contributed by atoms with Crippen molar-refractivity contribution < 1.29 is 9.18 Å². The number of hydrogen-bond donors (Lipinski definition) is 1. The van der Waals surface area contributed by atoms with Crippen molar-refractivity contribution in [3.63, 3.8) is 0 Å². The Hall–Kier alpha value is -2.35. The van der Waals surface area contributed by atoms with Crippen LogP contribution in [0.5, 0.6) is 0 Å². The fourth-order valence-corrected chi connectivity index (χ4v) is 5.20. The summed E-state index contributed by atoms with van der Waals surface area (Å²) in [5, 5.41) is 3.98. The Labute approximate surface area is 187 Å². The van der Waals surface area contributed by atoms with Gasteiger partial charge < -0.3 is 15.1 Å². The average molecular weight is 444 g/mol. The van der Waals surface area contributed by atoms with Crippen LogP contribution in [0.1, 0.15) is 45.0 Å². The highest BCUT2D eigenvalue weighted by Crippen LogP contribution is 2.34. The van der Waals surface area contributed by atoms with E-state index < -0.39 is 0 Å². The van der Waals surface area contributed by atoms with Crippen molar-refractivity contribution in [2.24, 2.45) is 0 Å². The minimum atomic E-state index is -0.196. The highest BCUT2D eigenvalue weighted by molar-refractivity contribution is 8.00. The third-order valence-electron chi connectivity index (χ3n) is 5.72. The molecule has 1 aromatic heterocycles. The van der Waals surface area contributed by atoms with Crippen molar-refractivity contribution >= 4 is 29.3 Å². The number of nitrogens with zero attached hydrogens (tertiary/aromatic N) is 4. The lowest BCUT2D eigenvalue weighted by molar-refractivity contribution is -0.129. The predicted octanol–water partition coefficient (Wildman–Crippen LogP) is 4.10. The molecule has 1 amide bonds. The minimum absolute atomic E-state index is 0.0806. The smallest absolute Gasteiger partial charge is 0.219 e. The molecule has 8 heteroatoms.